The number of benzene rings is 1. The molecule has 72 valence electrons. The average Bonchev–Trinajstić information content (AvgIpc) is 2.09. The highest BCUT2D eigenvalue weighted by Crippen LogP contribution is 2.21. The summed E-state index contributed by atoms with van der Waals surface area (Å²) in [6.07, 6.45) is 0. The van der Waals surface area contributed by atoms with E-state index in [2.05, 4.69) is 29.5 Å². The lowest BCUT2D eigenvalue weighted by Crippen LogP contribution is -2.36. The van der Waals surface area contributed by atoms with Crippen molar-refractivity contribution >= 4 is 22.6 Å². The van der Waals surface area contributed by atoms with Gasteiger partial charge in [0.1, 0.15) is 0 Å². The van der Waals surface area contributed by atoms with E-state index >= 15 is 0 Å². The number of aliphatic hydroxyl groups is 1. The molecule has 0 saturated carbocycles. The molecule has 0 fully saturated rings. The Labute approximate surface area is 92.3 Å². The highest BCUT2D eigenvalue weighted by atomic mass is 127. The Bertz CT molecular complexity index is 310. The number of hydrogen-bond acceptors (Lipinski definition) is 2. The third kappa shape index (κ3) is 2.42. The molecule has 1 rings (SSSR count). The van der Waals surface area contributed by atoms with Gasteiger partial charge in [0.05, 0.1) is 12.1 Å². The Morgan fingerprint density at radius 1 is 1.54 bits per heavy atom. The molecule has 0 saturated heterocycles. The summed E-state index contributed by atoms with van der Waals surface area (Å²) in [5, 5.41) is 9.08. The molecular formula is C10H14INO. The minimum Gasteiger partial charge on any atom is -0.394 e. The van der Waals surface area contributed by atoms with Crippen molar-refractivity contribution in [3.05, 3.63) is 32.9 Å². The van der Waals surface area contributed by atoms with Gasteiger partial charge in [-0.15, -0.1) is 0 Å². The maximum atomic E-state index is 9.08. The predicted octanol–water partition coefficient (Wildman–Crippen LogP) is 1.77. The van der Waals surface area contributed by atoms with Crippen LogP contribution in [0.2, 0.25) is 0 Å². The quantitative estimate of drug-likeness (QED) is 0.816. The Balaban J connectivity index is 3.10. The minimum atomic E-state index is -0.631. The maximum Gasteiger partial charge on any atom is 0.0650 e. The molecule has 1 atom stereocenters. The normalized spacial score (nSPS) is 15.5. The third-order valence-electron chi connectivity index (χ3n) is 2.16. The van der Waals surface area contributed by atoms with Crippen LogP contribution in [0.4, 0.5) is 0 Å². The van der Waals surface area contributed by atoms with Gasteiger partial charge in [-0.3, -0.25) is 0 Å². The highest BCUT2D eigenvalue weighted by molar-refractivity contribution is 14.1. The summed E-state index contributed by atoms with van der Waals surface area (Å²) in [6, 6.07) is 6.01. The van der Waals surface area contributed by atoms with Crippen LogP contribution >= 0.6 is 22.6 Å². The van der Waals surface area contributed by atoms with Crippen molar-refractivity contribution in [3.8, 4) is 0 Å². The van der Waals surface area contributed by atoms with Gasteiger partial charge in [0, 0.05) is 3.57 Å². The number of nitrogens with two attached hydrogens (primary N) is 1. The molecule has 1 aromatic carbocycles. The first-order valence-corrected chi connectivity index (χ1v) is 5.21. The Hall–Kier alpha value is -0.130. The zero-order valence-electron chi connectivity index (χ0n) is 7.84. The van der Waals surface area contributed by atoms with E-state index in [0.717, 1.165) is 5.56 Å². The molecule has 2 nitrogen and oxygen atoms in total. The van der Waals surface area contributed by atoms with Gasteiger partial charge in [-0.2, -0.15) is 0 Å². The fourth-order valence-corrected chi connectivity index (χ4v) is 1.55. The summed E-state index contributed by atoms with van der Waals surface area (Å²) in [4.78, 5) is 0. The van der Waals surface area contributed by atoms with E-state index in [-0.39, 0.29) is 6.61 Å². The van der Waals surface area contributed by atoms with E-state index in [4.69, 9.17) is 10.8 Å². The molecule has 0 aromatic heterocycles. The summed E-state index contributed by atoms with van der Waals surface area (Å²) < 4.78 is 1.18. The van der Waals surface area contributed by atoms with Crippen molar-refractivity contribution in [1.82, 2.24) is 0 Å². The monoisotopic (exact) mass is 291 g/mol. The van der Waals surface area contributed by atoms with Gasteiger partial charge in [-0.05, 0) is 53.6 Å². The first-order chi connectivity index (χ1) is 5.97. The van der Waals surface area contributed by atoms with E-state index in [9.17, 15) is 0 Å². The van der Waals surface area contributed by atoms with Crippen LogP contribution in [0.3, 0.4) is 0 Å². The number of hydrogen-bond donors (Lipinski definition) is 2. The van der Waals surface area contributed by atoms with Crippen molar-refractivity contribution in [2.75, 3.05) is 6.61 Å². The summed E-state index contributed by atoms with van der Waals surface area (Å²) in [5.74, 6) is 0. The van der Waals surface area contributed by atoms with Crippen LogP contribution in [0.1, 0.15) is 18.1 Å². The van der Waals surface area contributed by atoms with E-state index in [1.54, 1.807) is 0 Å². The van der Waals surface area contributed by atoms with Crippen molar-refractivity contribution < 1.29 is 5.11 Å². The molecule has 0 aliphatic carbocycles. The van der Waals surface area contributed by atoms with Gasteiger partial charge in [0.2, 0.25) is 0 Å². The summed E-state index contributed by atoms with van der Waals surface area (Å²) in [6.45, 7) is 3.85. The van der Waals surface area contributed by atoms with E-state index in [0.29, 0.717) is 0 Å². The topological polar surface area (TPSA) is 46.2 Å². The summed E-state index contributed by atoms with van der Waals surface area (Å²) in [5.41, 5.74) is 7.48. The van der Waals surface area contributed by atoms with Gasteiger partial charge < -0.3 is 10.8 Å². The Morgan fingerprint density at radius 2 is 2.15 bits per heavy atom. The number of rotatable bonds is 2. The molecule has 0 amide bonds. The molecule has 0 unspecified atom stereocenters. The molecule has 0 radical (unpaired) electrons. The van der Waals surface area contributed by atoms with Crippen molar-refractivity contribution in [2.24, 2.45) is 5.73 Å². The minimum absolute atomic E-state index is 0.0356. The fourth-order valence-electron chi connectivity index (χ4n) is 1.04. The molecule has 1 aromatic rings. The molecule has 0 aliphatic heterocycles. The fraction of sp³-hybridized carbons (Fsp3) is 0.400. The first-order valence-electron chi connectivity index (χ1n) is 4.14. The second-order valence-electron chi connectivity index (χ2n) is 3.54. The lowest BCUT2D eigenvalue weighted by molar-refractivity contribution is 0.210. The molecule has 3 N–H and O–H groups in total. The summed E-state index contributed by atoms with van der Waals surface area (Å²) in [7, 11) is 0. The van der Waals surface area contributed by atoms with E-state index in [1.807, 2.05) is 25.1 Å². The van der Waals surface area contributed by atoms with Crippen LogP contribution in [0.25, 0.3) is 0 Å². The lowest BCUT2D eigenvalue weighted by Gasteiger charge is -2.22. The molecule has 0 bridgehead atoms. The van der Waals surface area contributed by atoms with Crippen LogP contribution in [0.5, 0.6) is 0 Å². The smallest absolute Gasteiger partial charge is 0.0650 e. The van der Waals surface area contributed by atoms with E-state index < -0.39 is 5.54 Å². The molecule has 0 spiro atoms. The number of halogens is 1. The van der Waals surface area contributed by atoms with Crippen LogP contribution in [0, 0.1) is 10.5 Å². The lowest BCUT2D eigenvalue weighted by atomic mass is 9.94. The van der Waals surface area contributed by atoms with Gasteiger partial charge in [0.15, 0.2) is 0 Å². The molecule has 13 heavy (non-hydrogen) atoms. The van der Waals surface area contributed by atoms with Crippen LogP contribution in [0.15, 0.2) is 18.2 Å². The summed E-state index contributed by atoms with van der Waals surface area (Å²) >= 11 is 2.27. The standard InChI is InChI=1S/C10H14INO/c1-7-3-4-8(5-9(7)11)10(2,12)6-13/h3-5,13H,6,12H2,1-2H3/t10-/m1/s1. The predicted molar refractivity (Wildman–Crippen MR) is 62.5 cm³/mol. The van der Waals surface area contributed by atoms with E-state index in [1.165, 1.54) is 9.13 Å². The third-order valence-corrected chi connectivity index (χ3v) is 3.32. The largest absolute Gasteiger partial charge is 0.394 e. The van der Waals surface area contributed by atoms with Crippen LogP contribution < -0.4 is 5.73 Å². The Kier molecular flexibility index (Phi) is 3.32. The molecule has 3 heteroatoms. The zero-order chi connectivity index (χ0) is 10.1. The molecule has 0 heterocycles. The highest BCUT2D eigenvalue weighted by Gasteiger charge is 2.19. The number of aliphatic hydroxyl groups excluding tert-OH is 1. The van der Waals surface area contributed by atoms with Crippen molar-refractivity contribution in [1.29, 1.82) is 0 Å². The maximum absolute atomic E-state index is 9.08. The Morgan fingerprint density at radius 3 is 2.62 bits per heavy atom. The van der Waals surface area contributed by atoms with Gasteiger partial charge >= 0.3 is 0 Å². The second-order valence-corrected chi connectivity index (χ2v) is 4.70. The molecular weight excluding hydrogens is 277 g/mol. The second kappa shape index (κ2) is 3.94. The van der Waals surface area contributed by atoms with Crippen LogP contribution in [-0.2, 0) is 5.54 Å². The van der Waals surface area contributed by atoms with Gasteiger partial charge in [-0.25, -0.2) is 0 Å². The average molecular weight is 291 g/mol. The molecule has 0 aliphatic rings. The first kappa shape index (κ1) is 10.9. The van der Waals surface area contributed by atoms with Crippen molar-refractivity contribution in [3.63, 3.8) is 0 Å². The number of aryl methyl sites for hydroxylation is 1. The van der Waals surface area contributed by atoms with Gasteiger partial charge in [0.25, 0.3) is 0 Å². The zero-order valence-corrected chi connectivity index (χ0v) is 10.00. The van der Waals surface area contributed by atoms with Gasteiger partial charge in [-0.1, -0.05) is 12.1 Å². The SMILES string of the molecule is Cc1ccc([C@](C)(N)CO)cc1I. The van der Waals surface area contributed by atoms with Crippen molar-refractivity contribution in [2.45, 2.75) is 19.4 Å². The van der Waals surface area contributed by atoms with Crippen LogP contribution in [-0.4, -0.2) is 11.7 Å².